The average molecular weight is 409 g/mol. The van der Waals surface area contributed by atoms with Gasteiger partial charge >= 0.3 is 0 Å². The van der Waals surface area contributed by atoms with Gasteiger partial charge in [0.1, 0.15) is 11.6 Å². The topological polar surface area (TPSA) is 17.8 Å². The van der Waals surface area contributed by atoms with Crippen molar-refractivity contribution in [3.63, 3.8) is 0 Å². The summed E-state index contributed by atoms with van der Waals surface area (Å²) < 4.78 is 16.5. The van der Waals surface area contributed by atoms with E-state index >= 15 is 0 Å². The molecule has 5 heteroatoms. The van der Waals surface area contributed by atoms with Gasteiger partial charge in [0, 0.05) is 12.6 Å². The largest absolute Gasteiger partial charge is 0.327 e. The second kappa shape index (κ2) is 5.79. The van der Waals surface area contributed by atoms with Gasteiger partial charge in [-0.05, 0) is 47.4 Å². The van der Waals surface area contributed by atoms with Crippen LogP contribution in [0.1, 0.15) is 45.3 Å². The van der Waals surface area contributed by atoms with E-state index in [1.165, 1.54) is 0 Å². The van der Waals surface area contributed by atoms with Crippen molar-refractivity contribution in [2.75, 3.05) is 0 Å². The van der Waals surface area contributed by atoms with Crippen LogP contribution < -0.4 is 0 Å². The minimum absolute atomic E-state index is 0.192. The average Bonchev–Trinajstić information content (AvgIpc) is 2.64. The van der Waals surface area contributed by atoms with E-state index in [1.807, 2.05) is 29.5 Å². The van der Waals surface area contributed by atoms with E-state index in [0.29, 0.717) is 3.57 Å². The fourth-order valence-electron chi connectivity index (χ4n) is 2.12. The Morgan fingerprint density at radius 3 is 2.60 bits per heavy atom. The standard InChI is InChI=1S/C15H19ClFIN2/c1-9(16)14-19-12-8-11(18)10(17)7-13(12)20(14)6-5-15(2,3)4/h7-9H,5-6H2,1-4H3. The summed E-state index contributed by atoms with van der Waals surface area (Å²) in [6.45, 7) is 9.28. The maximum absolute atomic E-state index is 13.8. The minimum Gasteiger partial charge on any atom is -0.327 e. The number of aromatic nitrogens is 2. The van der Waals surface area contributed by atoms with Crippen LogP contribution in [0.5, 0.6) is 0 Å². The van der Waals surface area contributed by atoms with Crippen molar-refractivity contribution in [3.05, 3.63) is 27.3 Å². The molecule has 0 fully saturated rings. The normalized spacial score (nSPS) is 13.9. The summed E-state index contributed by atoms with van der Waals surface area (Å²) in [7, 11) is 0. The summed E-state index contributed by atoms with van der Waals surface area (Å²) in [6.07, 6.45) is 0.989. The number of fused-ring (bicyclic) bond motifs is 1. The number of imidazole rings is 1. The first kappa shape index (κ1) is 16.0. The van der Waals surface area contributed by atoms with Crippen molar-refractivity contribution >= 4 is 45.2 Å². The molecule has 0 saturated heterocycles. The summed E-state index contributed by atoms with van der Waals surface area (Å²) in [5, 5.41) is -0.192. The Bertz CT molecular complexity index is 629. The molecule has 2 rings (SSSR count). The molecule has 0 saturated carbocycles. The minimum atomic E-state index is -0.205. The molecule has 1 aromatic heterocycles. The number of nitrogens with zero attached hydrogens (tertiary/aromatic N) is 2. The predicted octanol–water partition coefficient (Wildman–Crippen LogP) is 5.52. The van der Waals surface area contributed by atoms with Crippen molar-refractivity contribution in [1.29, 1.82) is 0 Å². The van der Waals surface area contributed by atoms with Gasteiger partial charge in [-0.2, -0.15) is 0 Å². The Kier molecular flexibility index (Phi) is 4.64. The van der Waals surface area contributed by atoms with Gasteiger partial charge in [0.05, 0.1) is 20.0 Å². The number of benzene rings is 1. The van der Waals surface area contributed by atoms with Gasteiger partial charge in [-0.1, -0.05) is 20.8 Å². The number of alkyl halides is 1. The third-order valence-electron chi connectivity index (χ3n) is 3.26. The van der Waals surface area contributed by atoms with Gasteiger partial charge < -0.3 is 4.57 Å². The molecule has 1 aromatic carbocycles. The highest BCUT2D eigenvalue weighted by Crippen LogP contribution is 2.29. The fourth-order valence-corrected chi connectivity index (χ4v) is 2.74. The molecule has 0 aliphatic carbocycles. The summed E-state index contributed by atoms with van der Waals surface area (Å²) in [4.78, 5) is 4.57. The SMILES string of the molecule is CC(Cl)c1nc2cc(I)c(F)cc2n1CCC(C)(C)C. The molecule has 0 N–H and O–H groups in total. The molecule has 0 aliphatic rings. The smallest absolute Gasteiger partial charge is 0.138 e. The first-order valence-corrected chi connectivity index (χ1v) is 8.20. The molecule has 0 aliphatic heterocycles. The summed E-state index contributed by atoms with van der Waals surface area (Å²) >= 11 is 8.22. The Hall–Kier alpha value is -0.360. The molecule has 0 spiro atoms. The first-order chi connectivity index (χ1) is 9.19. The maximum Gasteiger partial charge on any atom is 0.138 e. The maximum atomic E-state index is 13.8. The summed E-state index contributed by atoms with van der Waals surface area (Å²) in [5.74, 6) is 0.608. The molecule has 0 amide bonds. The van der Waals surface area contributed by atoms with Crippen LogP contribution in [0.4, 0.5) is 4.39 Å². The Labute approximate surface area is 137 Å². The Balaban J connectivity index is 2.53. The quantitative estimate of drug-likeness (QED) is 0.483. The molecular weight excluding hydrogens is 390 g/mol. The van der Waals surface area contributed by atoms with Crippen molar-refractivity contribution in [3.8, 4) is 0 Å². The van der Waals surface area contributed by atoms with E-state index in [2.05, 4.69) is 30.3 Å². The lowest BCUT2D eigenvalue weighted by Gasteiger charge is -2.20. The Morgan fingerprint density at radius 1 is 1.40 bits per heavy atom. The van der Waals surface area contributed by atoms with Crippen molar-refractivity contribution in [1.82, 2.24) is 9.55 Å². The second-order valence-electron chi connectivity index (χ2n) is 6.30. The van der Waals surface area contributed by atoms with E-state index in [9.17, 15) is 4.39 Å². The molecule has 20 heavy (non-hydrogen) atoms. The van der Waals surface area contributed by atoms with E-state index in [4.69, 9.17) is 11.6 Å². The predicted molar refractivity (Wildman–Crippen MR) is 90.7 cm³/mol. The molecule has 1 heterocycles. The van der Waals surface area contributed by atoms with Crippen LogP contribution in [0, 0.1) is 14.8 Å². The molecule has 2 nitrogen and oxygen atoms in total. The lowest BCUT2D eigenvalue weighted by Crippen LogP contribution is -2.12. The molecule has 1 atom stereocenters. The highest BCUT2D eigenvalue weighted by atomic mass is 127. The lowest BCUT2D eigenvalue weighted by atomic mass is 9.92. The molecule has 2 aromatic rings. The number of halogens is 3. The van der Waals surface area contributed by atoms with Crippen molar-refractivity contribution in [2.24, 2.45) is 5.41 Å². The van der Waals surface area contributed by atoms with Crippen LogP contribution >= 0.6 is 34.2 Å². The zero-order valence-electron chi connectivity index (χ0n) is 12.2. The van der Waals surface area contributed by atoms with Crippen LogP contribution in [0.25, 0.3) is 11.0 Å². The summed E-state index contributed by atoms with van der Waals surface area (Å²) in [5.41, 5.74) is 1.85. The van der Waals surface area contributed by atoms with Crippen LogP contribution in [0.15, 0.2) is 12.1 Å². The van der Waals surface area contributed by atoms with E-state index in [-0.39, 0.29) is 16.6 Å². The van der Waals surface area contributed by atoms with Crippen molar-refractivity contribution < 1.29 is 4.39 Å². The monoisotopic (exact) mass is 408 g/mol. The highest BCUT2D eigenvalue weighted by Gasteiger charge is 2.19. The third-order valence-corrected chi connectivity index (χ3v) is 4.28. The van der Waals surface area contributed by atoms with Crippen LogP contribution in [0.3, 0.4) is 0 Å². The number of hydrogen-bond acceptors (Lipinski definition) is 1. The van der Waals surface area contributed by atoms with Gasteiger partial charge in [0.15, 0.2) is 0 Å². The van der Waals surface area contributed by atoms with E-state index in [1.54, 1.807) is 12.1 Å². The number of rotatable bonds is 3. The van der Waals surface area contributed by atoms with Crippen LogP contribution in [0.2, 0.25) is 0 Å². The molecular formula is C15H19ClFIN2. The molecule has 110 valence electrons. The molecule has 0 radical (unpaired) electrons. The lowest BCUT2D eigenvalue weighted by molar-refractivity contribution is 0.350. The zero-order valence-corrected chi connectivity index (χ0v) is 15.1. The van der Waals surface area contributed by atoms with Gasteiger partial charge in [-0.25, -0.2) is 9.37 Å². The fraction of sp³-hybridized carbons (Fsp3) is 0.533. The summed E-state index contributed by atoms with van der Waals surface area (Å²) in [6, 6.07) is 3.34. The van der Waals surface area contributed by atoms with Gasteiger partial charge in [-0.3, -0.25) is 0 Å². The number of hydrogen-bond donors (Lipinski definition) is 0. The molecule has 1 unspecified atom stereocenters. The Morgan fingerprint density at radius 2 is 2.05 bits per heavy atom. The second-order valence-corrected chi connectivity index (χ2v) is 8.12. The van der Waals surface area contributed by atoms with Gasteiger partial charge in [-0.15, -0.1) is 11.6 Å². The van der Waals surface area contributed by atoms with Gasteiger partial charge in [0.2, 0.25) is 0 Å². The number of aryl methyl sites for hydroxylation is 1. The van der Waals surface area contributed by atoms with E-state index in [0.717, 1.165) is 29.8 Å². The highest BCUT2D eigenvalue weighted by molar-refractivity contribution is 14.1. The molecule has 0 bridgehead atoms. The third kappa shape index (κ3) is 3.45. The van der Waals surface area contributed by atoms with Crippen molar-refractivity contribution in [2.45, 2.75) is 46.0 Å². The first-order valence-electron chi connectivity index (χ1n) is 6.68. The van der Waals surface area contributed by atoms with Crippen LogP contribution in [-0.4, -0.2) is 9.55 Å². The van der Waals surface area contributed by atoms with Crippen LogP contribution in [-0.2, 0) is 6.54 Å². The van der Waals surface area contributed by atoms with Gasteiger partial charge in [0.25, 0.3) is 0 Å². The zero-order chi connectivity index (χ0) is 15.1. The van der Waals surface area contributed by atoms with E-state index < -0.39 is 0 Å².